The molecule has 5 heteroatoms. The predicted molar refractivity (Wildman–Crippen MR) is 60.3 cm³/mol. The van der Waals surface area contributed by atoms with Gasteiger partial charge in [0.25, 0.3) is 5.92 Å². The van der Waals surface area contributed by atoms with Gasteiger partial charge in [0.2, 0.25) is 0 Å². The molecule has 0 aromatic heterocycles. The Labute approximate surface area is 101 Å². The molecule has 1 atom stereocenters. The van der Waals surface area contributed by atoms with Gasteiger partial charge in [-0.15, -0.1) is 0 Å². The third-order valence-electron chi connectivity index (χ3n) is 4.00. The van der Waals surface area contributed by atoms with E-state index in [1.165, 1.54) is 7.11 Å². The predicted octanol–water partition coefficient (Wildman–Crippen LogP) is 1.67. The highest BCUT2D eigenvalue weighted by molar-refractivity contribution is 5.11. The Balaban J connectivity index is 1.69. The van der Waals surface area contributed by atoms with E-state index in [-0.39, 0.29) is 13.0 Å². The molecule has 3 nitrogen and oxygen atoms in total. The van der Waals surface area contributed by atoms with E-state index in [1.54, 1.807) is 7.11 Å². The van der Waals surface area contributed by atoms with Gasteiger partial charge in [0.05, 0.1) is 12.0 Å². The van der Waals surface area contributed by atoms with Crippen molar-refractivity contribution >= 4 is 0 Å². The average Bonchev–Trinajstić information content (AvgIpc) is 2.73. The summed E-state index contributed by atoms with van der Waals surface area (Å²) >= 11 is 0. The van der Waals surface area contributed by atoms with Gasteiger partial charge in [-0.25, -0.2) is 8.78 Å². The third kappa shape index (κ3) is 2.61. The van der Waals surface area contributed by atoms with Crippen LogP contribution >= 0.6 is 0 Å². The third-order valence-corrected chi connectivity index (χ3v) is 4.00. The maximum absolute atomic E-state index is 13.3. The zero-order chi connectivity index (χ0) is 12.5. The minimum absolute atomic E-state index is 0.0466. The first-order valence-electron chi connectivity index (χ1n) is 6.12. The number of nitrogens with one attached hydrogen (secondary N) is 1. The largest absolute Gasteiger partial charge is 0.384 e. The quantitative estimate of drug-likeness (QED) is 0.744. The summed E-state index contributed by atoms with van der Waals surface area (Å²) in [5, 5.41) is 3.24. The highest BCUT2D eigenvalue weighted by atomic mass is 19.3. The molecular formula is C12H21F2NO2. The zero-order valence-electron chi connectivity index (χ0n) is 10.5. The van der Waals surface area contributed by atoms with Crippen molar-refractivity contribution in [2.45, 2.75) is 31.2 Å². The first-order chi connectivity index (χ1) is 8.03. The molecule has 0 aromatic rings. The SMILES string of the molecule is COCC1CC(NC[C@@]2(COC)CC2(F)F)C1. The van der Waals surface area contributed by atoms with Gasteiger partial charge < -0.3 is 14.8 Å². The van der Waals surface area contributed by atoms with Gasteiger partial charge in [-0.2, -0.15) is 0 Å². The van der Waals surface area contributed by atoms with Gasteiger partial charge in [0, 0.05) is 39.8 Å². The van der Waals surface area contributed by atoms with Crippen LogP contribution in [0, 0.1) is 11.3 Å². The highest BCUT2D eigenvalue weighted by Crippen LogP contribution is 2.60. The van der Waals surface area contributed by atoms with Crippen LogP contribution in [0.4, 0.5) is 8.78 Å². The second kappa shape index (κ2) is 4.78. The number of alkyl halides is 2. The lowest BCUT2D eigenvalue weighted by Gasteiger charge is -2.36. The molecule has 0 amide bonds. The van der Waals surface area contributed by atoms with E-state index in [0.29, 0.717) is 18.5 Å². The summed E-state index contributed by atoms with van der Waals surface area (Å²) in [5.74, 6) is -1.96. The Hall–Kier alpha value is -0.260. The smallest absolute Gasteiger partial charge is 0.258 e. The summed E-state index contributed by atoms with van der Waals surface area (Å²) in [4.78, 5) is 0. The molecule has 17 heavy (non-hydrogen) atoms. The van der Waals surface area contributed by atoms with Crippen LogP contribution in [0.5, 0.6) is 0 Å². The van der Waals surface area contributed by atoms with Crippen LogP contribution < -0.4 is 5.32 Å². The molecular weight excluding hydrogens is 228 g/mol. The number of rotatable bonds is 7. The number of hydrogen-bond donors (Lipinski definition) is 1. The summed E-state index contributed by atoms with van der Waals surface area (Å²) < 4.78 is 36.5. The van der Waals surface area contributed by atoms with Crippen molar-refractivity contribution in [3.63, 3.8) is 0 Å². The van der Waals surface area contributed by atoms with Crippen LogP contribution in [0.3, 0.4) is 0 Å². The molecule has 2 rings (SSSR count). The zero-order valence-corrected chi connectivity index (χ0v) is 10.5. The van der Waals surface area contributed by atoms with Crippen molar-refractivity contribution in [1.82, 2.24) is 5.32 Å². The summed E-state index contributed by atoms with van der Waals surface area (Å²) in [6.07, 6.45) is 2.01. The summed E-state index contributed by atoms with van der Waals surface area (Å²) in [6, 6.07) is 0.375. The summed E-state index contributed by atoms with van der Waals surface area (Å²) in [5.41, 5.74) is -0.950. The Morgan fingerprint density at radius 1 is 1.24 bits per heavy atom. The fraction of sp³-hybridized carbons (Fsp3) is 1.00. The van der Waals surface area contributed by atoms with E-state index in [1.807, 2.05) is 0 Å². The van der Waals surface area contributed by atoms with Gasteiger partial charge in [0.1, 0.15) is 0 Å². The molecule has 2 fully saturated rings. The van der Waals surface area contributed by atoms with Crippen LogP contribution in [0.1, 0.15) is 19.3 Å². The normalized spacial score (nSPS) is 38.8. The Morgan fingerprint density at radius 3 is 2.35 bits per heavy atom. The minimum atomic E-state index is -2.55. The molecule has 0 bridgehead atoms. The molecule has 0 heterocycles. The highest BCUT2D eigenvalue weighted by Gasteiger charge is 2.70. The molecule has 2 saturated carbocycles. The maximum atomic E-state index is 13.3. The summed E-state index contributed by atoms with van der Waals surface area (Å²) in [6.45, 7) is 1.27. The molecule has 0 aliphatic heterocycles. The standard InChI is InChI=1S/C12H21F2NO2/c1-16-5-9-3-10(4-9)15-7-11(8-17-2)6-12(11,13)14/h9-10,15H,3-8H2,1-2H3/t9?,10?,11-/m1/s1. The van der Waals surface area contributed by atoms with Gasteiger partial charge in [-0.1, -0.05) is 0 Å². The van der Waals surface area contributed by atoms with Crippen molar-refractivity contribution in [2.24, 2.45) is 11.3 Å². The van der Waals surface area contributed by atoms with Crippen LogP contribution in [-0.2, 0) is 9.47 Å². The van der Waals surface area contributed by atoms with E-state index in [4.69, 9.17) is 9.47 Å². The molecule has 2 aliphatic rings. The molecule has 100 valence electrons. The number of halogens is 2. The van der Waals surface area contributed by atoms with Crippen molar-refractivity contribution in [2.75, 3.05) is 34.0 Å². The number of hydrogen-bond acceptors (Lipinski definition) is 3. The molecule has 0 aromatic carbocycles. The van der Waals surface area contributed by atoms with Crippen LogP contribution in [-0.4, -0.2) is 45.9 Å². The van der Waals surface area contributed by atoms with E-state index < -0.39 is 11.3 Å². The summed E-state index contributed by atoms with van der Waals surface area (Å²) in [7, 11) is 3.17. The molecule has 0 radical (unpaired) electrons. The number of ether oxygens (including phenoxy) is 2. The molecule has 1 N–H and O–H groups in total. The number of methoxy groups -OCH3 is 2. The first-order valence-corrected chi connectivity index (χ1v) is 6.12. The lowest BCUT2D eigenvalue weighted by molar-refractivity contribution is 0.0176. The Morgan fingerprint density at radius 2 is 1.88 bits per heavy atom. The van der Waals surface area contributed by atoms with Crippen molar-refractivity contribution < 1.29 is 18.3 Å². The van der Waals surface area contributed by atoms with Gasteiger partial charge >= 0.3 is 0 Å². The molecule has 0 unspecified atom stereocenters. The Kier molecular flexibility index (Phi) is 3.71. The van der Waals surface area contributed by atoms with E-state index in [2.05, 4.69) is 5.32 Å². The topological polar surface area (TPSA) is 30.5 Å². The molecule has 0 spiro atoms. The average molecular weight is 249 g/mol. The van der Waals surface area contributed by atoms with Gasteiger partial charge in [0.15, 0.2) is 0 Å². The van der Waals surface area contributed by atoms with Crippen molar-refractivity contribution in [3.05, 3.63) is 0 Å². The molecule has 0 saturated heterocycles. The van der Waals surface area contributed by atoms with Crippen LogP contribution in [0.2, 0.25) is 0 Å². The Bertz CT molecular complexity index is 269. The fourth-order valence-corrected chi connectivity index (χ4v) is 2.67. The fourth-order valence-electron chi connectivity index (χ4n) is 2.67. The lowest BCUT2D eigenvalue weighted by Crippen LogP contribution is -2.46. The van der Waals surface area contributed by atoms with Crippen LogP contribution in [0.15, 0.2) is 0 Å². The first kappa shape index (κ1) is 13.2. The van der Waals surface area contributed by atoms with Crippen LogP contribution in [0.25, 0.3) is 0 Å². The molecule has 2 aliphatic carbocycles. The monoisotopic (exact) mass is 249 g/mol. The van der Waals surface area contributed by atoms with E-state index in [9.17, 15) is 8.78 Å². The second-order valence-corrected chi connectivity index (χ2v) is 5.47. The van der Waals surface area contributed by atoms with Crippen molar-refractivity contribution in [3.8, 4) is 0 Å². The van der Waals surface area contributed by atoms with Gasteiger partial charge in [-0.3, -0.25) is 0 Å². The van der Waals surface area contributed by atoms with E-state index in [0.717, 1.165) is 19.4 Å². The minimum Gasteiger partial charge on any atom is -0.384 e. The van der Waals surface area contributed by atoms with Gasteiger partial charge in [-0.05, 0) is 18.8 Å². The van der Waals surface area contributed by atoms with Crippen molar-refractivity contribution in [1.29, 1.82) is 0 Å². The van der Waals surface area contributed by atoms with E-state index >= 15 is 0 Å². The second-order valence-electron chi connectivity index (χ2n) is 5.47. The lowest BCUT2D eigenvalue weighted by atomic mass is 9.80. The maximum Gasteiger partial charge on any atom is 0.258 e.